The number of rotatable bonds is 7. The summed E-state index contributed by atoms with van der Waals surface area (Å²) in [6.07, 6.45) is 0.841. The summed E-state index contributed by atoms with van der Waals surface area (Å²) in [5.74, 6) is 0. The zero-order valence-corrected chi connectivity index (χ0v) is 13.2. The average molecular weight is 328 g/mol. The number of thiophene rings is 1. The molecule has 0 aliphatic carbocycles. The molecule has 0 saturated heterocycles. The van der Waals surface area contributed by atoms with E-state index in [2.05, 4.69) is 0 Å². The Morgan fingerprint density at radius 1 is 1.27 bits per heavy atom. The van der Waals surface area contributed by atoms with Crippen LogP contribution < -0.4 is 11.2 Å². The van der Waals surface area contributed by atoms with E-state index in [1.807, 2.05) is 0 Å². The molecule has 0 amide bonds. The standard InChI is InChI=1S/C14H17FN2O4S/c1-9-10(8-18)22-13-11(9)12(19)16(6-7-21-2)14(20)17(13)5-3-4-15/h8H,3-7H2,1-2H3. The van der Waals surface area contributed by atoms with E-state index >= 15 is 0 Å². The number of aryl methyl sites for hydroxylation is 2. The lowest BCUT2D eigenvalue weighted by atomic mass is 10.2. The summed E-state index contributed by atoms with van der Waals surface area (Å²) < 4.78 is 19.9. The molecular formula is C14H17FN2O4S. The second kappa shape index (κ2) is 6.97. The first kappa shape index (κ1) is 16.6. The van der Waals surface area contributed by atoms with Crippen LogP contribution in [0.5, 0.6) is 0 Å². The van der Waals surface area contributed by atoms with Crippen LogP contribution in [-0.4, -0.2) is 35.8 Å². The molecule has 0 bridgehead atoms. The molecule has 120 valence electrons. The maximum atomic E-state index is 12.5. The van der Waals surface area contributed by atoms with Gasteiger partial charge >= 0.3 is 5.69 Å². The fourth-order valence-electron chi connectivity index (χ4n) is 2.32. The average Bonchev–Trinajstić information content (AvgIpc) is 2.84. The number of carbonyl (C=O) groups is 1. The molecule has 0 atom stereocenters. The van der Waals surface area contributed by atoms with Crippen molar-refractivity contribution in [2.24, 2.45) is 0 Å². The van der Waals surface area contributed by atoms with Crippen molar-refractivity contribution >= 4 is 27.8 Å². The van der Waals surface area contributed by atoms with Crippen LogP contribution in [0.1, 0.15) is 21.7 Å². The van der Waals surface area contributed by atoms with Gasteiger partial charge in [0.05, 0.1) is 30.1 Å². The summed E-state index contributed by atoms with van der Waals surface area (Å²) in [6, 6.07) is 0. The van der Waals surface area contributed by atoms with Crippen LogP contribution >= 0.6 is 11.3 Å². The lowest BCUT2D eigenvalue weighted by Gasteiger charge is -2.11. The number of nitrogens with zero attached hydrogens (tertiary/aromatic N) is 2. The minimum Gasteiger partial charge on any atom is -0.383 e. The summed E-state index contributed by atoms with van der Waals surface area (Å²) in [5.41, 5.74) is -0.378. The largest absolute Gasteiger partial charge is 0.383 e. The van der Waals surface area contributed by atoms with Gasteiger partial charge in [-0.1, -0.05) is 0 Å². The van der Waals surface area contributed by atoms with Gasteiger partial charge in [0.15, 0.2) is 6.29 Å². The number of ether oxygens (including phenoxy) is 1. The Hall–Kier alpha value is -1.80. The molecule has 0 saturated carbocycles. The van der Waals surface area contributed by atoms with Crippen LogP contribution in [0.2, 0.25) is 0 Å². The summed E-state index contributed by atoms with van der Waals surface area (Å²) in [7, 11) is 1.48. The Bertz CT molecular complexity index is 806. The number of hydrogen-bond acceptors (Lipinski definition) is 5. The molecule has 0 aliphatic rings. The molecule has 0 spiro atoms. The van der Waals surface area contributed by atoms with Crippen molar-refractivity contribution in [1.29, 1.82) is 0 Å². The molecule has 8 heteroatoms. The van der Waals surface area contributed by atoms with Crippen LogP contribution in [0.3, 0.4) is 0 Å². The zero-order valence-electron chi connectivity index (χ0n) is 12.4. The van der Waals surface area contributed by atoms with Crippen molar-refractivity contribution in [2.45, 2.75) is 26.4 Å². The molecule has 0 aromatic carbocycles. The van der Waals surface area contributed by atoms with Crippen LogP contribution in [0, 0.1) is 6.92 Å². The third-order valence-electron chi connectivity index (χ3n) is 3.47. The molecule has 0 fully saturated rings. The second-order valence-corrected chi connectivity index (χ2v) is 5.85. The first-order chi connectivity index (χ1) is 10.6. The monoisotopic (exact) mass is 328 g/mol. The van der Waals surface area contributed by atoms with E-state index in [9.17, 15) is 18.8 Å². The first-order valence-corrected chi connectivity index (χ1v) is 7.65. The SMILES string of the molecule is COCCn1c(=O)c2c(C)c(C=O)sc2n(CCCF)c1=O. The smallest absolute Gasteiger partial charge is 0.332 e. The molecule has 0 N–H and O–H groups in total. The Labute approximate surface area is 129 Å². The molecule has 2 heterocycles. The van der Waals surface area contributed by atoms with Crippen molar-refractivity contribution in [3.63, 3.8) is 0 Å². The Morgan fingerprint density at radius 3 is 2.59 bits per heavy atom. The predicted molar refractivity (Wildman–Crippen MR) is 82.9 cm³/mol. The lowest BCUT2D eigenvalue weighted by Crippen LogP contribution is -2.40. The van der Waals surface area contributed by atoms with E-state index in [0.717, 1.165) is 15.9 Å². The van der Waals surface area contributed by atoms with Gasteiger partial charge in [-0.2, -0.15) is 0 Å². The van der Waals surface area contributed by atoms with Gasteiger partial charge in [-0.25, -0.2) is 4.79 Å². The maximum Gasteiger partial charge on any atom is 0.332 e. The molecule has 0 unspecified atom stereocenters. The number of halogens is 1. The Kier molecular flexibility index (Phi) is 5.25. The van der Waals surface area contributed by atoms with E-state index in [0.29, 0.717) is 26.9 Å². The summed E-state index contributed by atoms with van der Waals surface area (Å²) in [5, 5.41) is 0.349. The van der Waals surface area contributed by atoms with Gasteiger partial charge in [-0.3, -0.25) is 23.1 Å². The molecule has 0 aliphatic heterocycles. The number of hydrogen-bond donors (Lipinski definition) is 0. The molecule has 2 aromatic heterocycles. The van der Waals surface area contributed by atoms with E-state index in [1.165, 1.54) is 11.7 Å². The Balaban J connectivity index is 2.80. The lowest BCUT2D eigenvalue weighted by molar-refractivity contribution is 0.112. The molecule has 2 rings (SSSR count). The van der Waals surface area contributed by atoms with Gasteiger partial charge in [0, 0.05) is 13.7 Å². The minimum absolute atomic E-state index is 0.117. The molecule has 22 heavy (non-hydrogen) atoms. The van der Waals surface area contributed by atoms with Gasteiger partial charge in [0.25, 0.3) is 5.56 Å². The van der Waals surface area contributed by atoms with Crippen LogP contribution in [0.15, 0.2) is 9.59 Å². The number of methoxy groups -OCH3 is 1. The quantitative estimate of drug-likeness (QED) is 0.720. The number of carbonyl (C=O) groups excluding carboxylic acids is 1. The summed E-state index contributed by atoms with van der Waals surface area (Å²) in [6.45, 7) is 1.61. The highest BCUT2D eigenvalue weighted by molar-refractivity contribution is 7.20. The van der Waals surface area contributed by atoms with Crippen molar-refractivity contribution in [1.82, 2.24) is 9.13 Å². The highest BCUT2D eigenvalue weighted by atomic mass is 32.1. The third-order valence-corrected chi connectivity index (χ3v) is 4.71. The topological polar surface area (TPSA) is 70.3 Å². The molecule has 0 radical (unpaired) electrons. The van der Waals surface area contributed by atoms with Crippen LogP contribution in [0.25, 0.3) is 10.2 Å². The van der Waals surface area contributed by atoms with Crippen molar-refractivity contribution in [3.8, 4) is 0 Å². The number of aromatic nitrogens is 2. The highest BCUT2D eigenvalue weighted by Crippen LogP contribution is 2.26. The normalized spacial score (nSPS) is 11.2. The molecule has 2 aromatic rings. The fourth-order valence-corrected chi connectivity index (χ4v) is 3.45. The third kappa shape index (κ3) is 2.76. The summed E-state index contributed by atoms with van der Waals surface area (Å²) >= 11 is 1.09. The van der Waals surface area contributed by atoms with Gasteiger partial charge in [0.1, 0.15) is 4.83 Å². The number of aldehydes is 1. The molecular weight excluding hydrogens is 311 g/mol. The van der Waals surface area contributed by atoms with E-state index in [4.69, 9.17) is 4.74 Å². The second-order valence-electron chi connectivity index (χ2n) is 4.82. The molecule has 6 nitrogen and oxygen atoms in total. The van der Waals surface area contributed by atoms with Crippen molar-refractivity contribution < 1.29 is 13.9 Å². The van der Waals surface area contributed by atoms with Gasteiger partial charge in [0.2, 0.25) is 0 Å². The van der Waals surface area contributed by atoms with Crippen molar-refractivity contribution in [3.05, 3.63) is 31.3 Å². The van der Waals surface area contributed by atoms with E-state index < -0.39 is 17.9 Å². The summed E-state index contributed by atoms with van der Waals surface area (Å²) in [4.78, 5) is 37.0. The zero-order chi connectivity index (χ0) is 16.3. The van der Waals surface area contributed by atoms with Crippen molar-refractivity contribution in [2.75, 3.05) is 20.4 Å². The fraction of sp³-hybridized carbons (Fsp3) is 0.500. The van der Waals surface area contributed by atoms with Crippen LogP contribution in [-0.2, 0) is 17.8 Å². The number of fused-ring (bicyclic) bond motifs is 1. The van der Waals surface area contributed by atoms with E-state index in [1.54, 1.807) is 6.92 Å². The number of alkyl halides is 1. The Morgan fingerprint density at radius 2 is 2.00 bits per heavy atom. The van der Waals surface area contributed by atoms with Gasteiger partial charge in [-0.15, -0.1) is 11.3 Å². The van der Waals surface area contributed by atoms with Gasteiger partial charge in [-0.05, 0) is 18.9 Å². The predicted octanol–water partition coefficient (Wildman–Crippen LogP) is 1.35. The first-order valence-electron chi connectivity index (χ1n) is 6.83. The maximum absolute atomic E-state index is 12.5. The van der Waals surface area contributed by atoms with E-state index in [-0.39, 0.29) is 26.1 Å². The minimum atomic E-state index is -0.559. The van der Waals surface area contributed by atoms with Gasteiger partial charge < -0.3 is 4.74 Å². The van der Waals surface area contributed by atoms with Crippen LogP contribution in [0.4, 0.5) is 4.39 Å². The highest BCUT2D eigenvalue weighted by Gasteiger charge is 2.19.